The van der Waals surface area contributed by atoms with Gasteiger partial charge >= 0.3 is 6.09 Å². The second-order valence-corrected chi connectivity index (χ2v) is 10.1. The third kappa shape index (κ3) is 6.71. The Bertz CT molecular complexity index is 1320. The molecule has 38 heavy (non-hydrogen) atoms. The van der Waals surface area contributed by atoms with Crippen LogP contribution < -0.4 is 14.8 Å². The van der Waals surface area contributed by atoms with Gasteiger partial charge < -0.3 is 24.4 Å². The number of nitriles is 1. The molecule has 1 N–H and O–H groups in total. The Balaban J connectivity index is 1.59. The first-order valence-corrected chi connectivity index (χ1v) is 12.3. The van der Waals surface area contributed by atoms with E-state index in [9.17, 15) is 14.4 Å². The van der Waals surface area contributed by atoms with Crippen molar-refractivity contribution in [3.8, 4) is 34.4 Å². The predicted octanol–water partition coefficient (Wildman–Crippen LogP) is 6.18. The Labute approximate surface area is 222 Å². The molecule has 3 aromatic rings. The third-order valence-corrected chi connectivity index (χ3v) is 5.99. The van der Waals surface area contributed by atoms with Crippen LogP contribution in [0.15, 0.2) is 60.9 Å². The van der Waals surface area contributed by atoms with E-state index < -0.39 is 17.9 Å². The first-order valence-electron chi connectivity index (χ1n) is 12.3. The molecule has 1 aromatic heterocycles. The number of ether oxygens (including phenoxy) is 3. The summed E-state index contributed by atoms with van der Waals surface area (Å²) in [6.45, 7) is 5.66. The molecular formula is C29H31FN4O4. The summed E-state index contributed by atoms with van der Waals surface area (Å²) < 4.78 is 31.3. The number of methoxy groups -OCH3 is 1. The summed E-state index contributed by atoms with van der Waals surface area (Å²) >= 11 is 0. The van der Waals surface area contributed by atoms with E-state index in [1.165, 1.54) is 11.1 Å². The minimum atomic E-state index is -1.12. The van der Waals surface area contributed by atoms with Crippen LogP contribution in [0.25, 0.3) is 11.1 Å². The van der Waals surface area contributed by atoms with E-state index in [4.69, 9.17) is 14.2 Å². The first kappa shape index (κ1) is 26.7. The summed E-state index contributed by atoms with van der Waals surface area (Å²) in [7, 11) is 1.59. The number of hydrogen-bond donors (Lipinski definition) is 1. The van der Waals surface area contributed by atoms with E-state index in [2.05, 4.69) is 16.4 Å². The Morgan fingerprint density at radius 2 is 1.87 bits per heavy atom. The number of amides is 1. The van der Waals surface area contributed by atoms with Crippen LogP contribution in [0, 0.1) is 11.3 Å². The fourth-order valence-corrected chi connectivity index (χ4v) is 4.19. The highest BCUT2D eigenvalue weighted by molar-refractivity contribution is 5.72. The van der Waals surface area contributed by atoms with Gasteiger partial charge in [-0.15, -0.1) is 0 Å². The van der Waals surface area contributed by atoms with Crippen molar-refractivity contribution in [1.29, 1.82) is 5.26 Å². The number of alkyl halides is 1. The quantitative estimate of drug-likeness (QED) is 0.399. The zero-order chi connectivity index (χ0) is 27.3. The molecular weight excluding hydrogens is 487 g/mol. The van der Waals surface area contributed by atoms with E-state index in [1.807, 2.05) is 18.2 Å². The van der Waals surface area contributed by atoms with Crippen molar-refractivity contribution in [3.63, 3.8) is 0 Å². The molecule has 1 fully saturated rings. The van der Waals surface area contributed by atoms with E-state index >= 15 is 0 Å². The fourth-order valence-electron chi connectivity index (χ4n) is 4.19. The number of halogens is 1. The standard InChI is InChI=1S/C29H31FN4O4/c1-29(2,3)38-28(35)34-18-22(30)13-23(34)17-33-26-10-5-20(21-11-19(14-31)15-32-16-21)12-27(26)37-25-8-6-24(36-4)7-9-25/h5-12,15-16,22-23,33H,13,17-18H2,1-4H3. The molecule has 1 aliphatic heterocycles. The van der Waals surface area contributed by atoms with Gasteiger partial charge in [0.1, 0.15) is 29.3 Å². The lowest BCUT2D eigenvalue weighted by molar-refractivity contribution is 0.0226. The molecule has 2 heterocycles. The maximum Gasteiger partial charge on any atom is 0.410 e. The largest absolute Gasteiger partial charge is 0.497 e. The minimum Gasteiger partial charge on any atom is -0.497 e. The van der Waals surface area contributed by atoms with Gasteiger partial charge in [0.2, 0.25) is 0 Å². The summed E-state index contributed by atoms with van der Waals surface area (Å²) in [5, 5.41) is 12.6. The first-order chi connectivity index (χ1) is 18.1. The van der Waals surface area contributed by atoms with Crippen molar-refractivity contribution < 1.29 is 23.4 Å². The lowest BCUT2D eigenvalue weighted by Gasteiger charge is -2.28. The zero-order valence-electron chi connectivity index (χ0n) is 21.9. The summed E-state index contributed by atoms with van der Waals surface area (Å²) in [5.74, 6) is 1.82. The fraction of sp³-hybridized carbons (Fsp3) is 0.345. The maximum atomic E-state index is 14.3. The van der Waals surface area contributed by atoms with Crippen LogP contribution in [0.3, 0.4) is 0 Å². The maximum absolute atomic E-state index is 14.3. The number of nitrogens with zero attached hydrogens (tertiary/aromatic N) is 3. The molecule has 198 valence electrons. The van der Waals surface area contributed by atoms with Gasteiger partial charge in [0.25, 0.3) is 0 Å². The van der Waals surface area contributed by atoms with Gasteiger partial charge in [-0.25, -0.2) is 9.18 Å². The highest BCUT2D eigenvalue weighted by atomic mass is 19.1. The molecule has 0 radical (unpaired) electrons. The van der Waals surface area contributed by atoms with Crippen LogP contribution in [0.1, 0.15) is 32.8 Å². The topological polar surface area (TPSA) is 96.7 Å². The van der Waals surface area contributed by atoms with Crippen molar-refractivity contribution in [2.75, 3.05) is 25.5 Å². The molecule has 4 rings (SSSR count). The van der Waals surface area contributed by atoms with Crippen molar-refractivity contribution in [2.24, 2.45) is 0 Å². The third-order valence-electron chi connectivity index (χ3n) is 5.99. The van der Waals surface area contributed by atoms with Crippen LogP contribution in [0.5, 0.6) is 17.2 Å². The zero-order valence-corrected chi connectivity index (χ0v) is 21.9. The number of aromatic nitrogens is 1. The average molecular weight is 519 g/mol. The monoisotopic (exact) mass is 518 g/mol. The number of hydrogen-bond acceptors (Lipinski definition) is 7. The highest BCUT2D eigenvalue weighted by Crippen LogP contribution is 2.35. The number of nitrogens with one attached hydrogen (secondary N) is 1. The van der Waals surface area contributed by atoms with E-state index in [0.717, 1.165) is 11.1 Å². The van der Waals surface area contributed by atoms with E-state index in [1.54, 1.807) is 64.4 Å². The Kier molecular flexibility index (Phi) is 8.01. The molecule has 2 atom stereocenters. The Hall–Kier alpha value is -4.32. The van der Waals surface area contributed by atoms with Crippen molar-refractivity contribution in [1.82, 2.24) is 9.88 Å². The van der Waals surface area contributed by atoms with Crippen molar-refractivity contribution >= 4 is 11.8 Å². The second kappa shape index (κ2) is 11.4. The van der Waals surface area contributed by atoms with Crippen LogP contribution in [0.4, 0.5) is 14.9 Å². The molecule has 0 saturated carbocycles. The number of rotatable bonds is 7. The number of likely N-dealkylation sites (tertiary alicyclic amines) is 1. The van der Waals surface area contributed by atoms with E-state index in [0.29, 0.717) is 35.0 Å². The van der Waals surface area contributed by atoms with Crippen LogP contribution in [-0.4, -0.2) is 54.0 Å². The van der Waals surface area contributed by atoms with Crippen LogP contribution >= 0.6 is 0 Å². The Morgan fingerprint density at radius 1 is 1.13 bits per heavy atom. The molecule has 0 bridgehead atoms. The van der Waals surface area contributed by atoms with Gasteiger partial charge in [-0.2, -0.15) is 5.26 Å². The summed E-state index contributed by atoms with van der Waals surface area (Å²) in [6.07, 6.45) is 1.75. The van der Waals surface area contributed by atoms with Crippen molar-refractivity contribution in [3.05, 3.63) is 66.5 Å². The molecule has 8 nitrogen and oxygen atoms in total. The summed E-state index contributed by atoms with van der Waals surface area (Å²) in [6, 6.07) is 16.2. The smallest absolute Gasteiger partial charge is 0.410 e. The van der Waals surface area contributed by atoms with E-state index in [-0.39, 0.29) is 19.0 Å². The molecule has 0 spiro atoms. The number of benzene rings is 2. The normalized spacial score (nSPS) is 17.0. The second-order valence-electron chi connectivity index (χ2n) is 10.1. The molecule has 9 heteroatoms. The Morgan fingerprint density at radius 3 is 2.55 bits per heavy atom. The lowest BCUT2D eigenvalue weighted by Crippen LogP contribution is -2.42. The molecule has 0 aliphatic carbocycles. The molecule has 1 amide bonds. The van der Waals surface area contributed by atoms with Gasteiger partial charge in [-0.1, -0.05) is 6.07 Å². The molecule has 2 unspecified atom stereocenters. The minimum absolute atomic E-state index is 0.00234. The molecule has 1 saturated heterocycles. The number of anilines is 1. The highest BCUT2D eigenvalue weighted by Gasteiger charge is 2.37. The van der Waals surface area contributed by atoms with Crippen LogP contribution in [-0.2, 0) is 4.74 Å². The lowest BCUT2D eigenvalue weighted by atomic mass is 10.0. The van der Waals surface area contributed by atoms with Gasteiger partial charge in [0, 0.05) is 30.9 Å². The van der Waals surface area contributed by atoms with Gasteiger partial charge in [0.15, 0.2) is 5.75 Å². The van der Waals surface area contributed by atoms with Gasteiger partial charge in [-0.3, -0.25) is 4.98 Å². The van der Waals surface area contributed by atoms with Gasteiger partial charge in [-0.05, 0) is 68.8 Å². The predicted molar refractivity (Wildman–Crippen MR) is 142 cm³/mol. The van der Waals surface area contributed by atoms with Gasteiger partial charge in [0.05, 0.1) is 30.9 Å². The molecule has 2 aromatic carbocycles. The van der Waals surface area contributed by atoms with Crippen molar-refractivity contribution in [2.45, 2.75) is 45.0 Å². The number of carbonyl (C=O) groups excluding carboxylic acids is 1. The summed E-state index contributed by atoms with van der Waals surface area (Å²) in [4.78, 5) is 18.3. The number of pyridine rings is 1. The SMILES string of the molecule is COc1ccc(Oc2cc(-c3cncc(C#N)c3)ccc2NCC2CC(F)CN2C(=O)OC(C)(C)C)cc1. The number of carbonyl (C=O) groups is 1. The average Bonchev–Trinajstić information content (AvgIpc) is 3.28. The van der Waals surface area contributed by atoms with Crippen LogP contribution in [0.2, 0.25) is 0 Å². The molecule has 1 aliphatic rings. The summed E-state index contributed by atoms with van der Waals surface area (Å²) in [5.41, 5.74) is 2.02.